The standard InChI is InChI=1S/C19H20N2O6/c1-11-14-16(21-8-7-13(23)20-18(21)25-14)27-19(9-22)10-24-17(26-15(11)19)12-5-3-2-4-6-12/h2-8,11,14-17,22H,9-10H2,1H3/t11-,14+,15+,16-,17-,19-/m1/s1. The fourth-order valence-corrected chi connectivity index (χ4v) is 4.18. The molecule has 0 radical (unpaired) electrons. The zero-order valence-corrected chi connectivity index (χ0v) is 14.7. The maximum Gasteiger partial charge on any atom is 0.302 e. The van der Waals surface area contributed by atoms with Crippen LogP contribution in [-0.4, -0.2) is 45.7 Å². The molecule has 1 N–H and O–H groups in total. The summed E-state index contributed by atoms with van der Waals surface area (Å²) in [6, 6.07) is 11.2. The Bertz CT molecular complexity index is 903. The van der Waals surface area contributed by atoms with E-state index in [1.165, 1.54) is 6.07 Å². The van der Waals surface area contributed by atoms with Crippen LogP contribution in [0.15, 0.2) is 47.4 Å². The van der Waals surface area contributed by atoms with Gasteiger partial charge in [0, 0.05) is 23.7 Å². The fraction of sp³-hybridized carbons (Fsp3) is 0.474. The van der Waals surface area contributed by atoms with Crippen LogP contribution in [0.2, 0.25) is 0 Å². The number of ether oxygens (including phenoxy) is 4. The lowest BCUT2D eigenvalue weighted by Gasteiger charge is -2.52. The van der Waals surface area contributed by atoms with Crippen LogP contribution in [0.1, 0.15) is 25.0 Å². The van der Waals surface area contributed by atoms with E-state index < -0.39 is 24.2 Å². The SMILES string of the molecule is C[C@@H]1[C@@H]2Oc3nc(=O)ccn3[C@@H]2O[C@]2(CO)CO[C@@H](c3ccccc3)O[C@@H]12. The molecule has 8 heteroatoms. The Morgan fingerprint density at radius 3 is 2.89 bits per heavy atom. The summed E-state index contributed by atoms with van der Waals surface area (Å²) in [6.07, 6.45) is -0.263. The predicted octanol–water partition coefficient (Wildman–Crippen LogP) is 1.01. The van der Waals surface area contributed by atoms with E-state index in [-0.39, 0.29) is 36.8 Å². The summed E-state index contributed by atoms with van der Waals surface area (Å²) in [4.78, 5) is 15.5. The van der Waals surface area contributed by atoms with Crippen LogP contribution in [0.25, 0.3) is 0 Å². The van der Waals surface area contributed by atoms with Gasteiger partial charge in [0.15, 0.2) is 18.6 Å². The Hall–Kier alpha value is -2.26. The zero-order valence-electron chi connectivity index (χ0n) is 14.7. The molecule has 27 heavy (non-hydrogen) atoms. The number of nitrogens with zero attached hydrogens (tertiary/aromatic N) is 2. The lowest BCUT2D eigenvalue weighted by molar-refractivity contribution is -0.365. The molecule has 0 spiro atoms. The molecule has 0 amide bonds. The first-order chi connectivity index (χ1) is 13.1. The van der Waals surface area contributed by atoms with Gasteiger partial charge in [0.25, 0.3) is 5.56 Å². The van der Waals surface area contributed by atoms with Gasteiger partial charge in [0.05, 0.1) is 13.2 Å². The lowest BCUT2D eigenvalue weighted by Crippen LogP contribution is -2.66. The molecule has 0 aliphatic carbocycles. The van der Waals surface area contributed by atoms with Crippen molar-refractivity contribution >= 4 is 0 Å². The van der Waals surface area contributed by atoms with Crippen LogP contribution in [0.4, 0.5) is 0 Å². The van der Waals surface area contributed by atoms with E-state index in [9.17, 15) is 9.90 Å². The number of hydrogen-bond donors (Lipinski definition) is 1. The number of fused-ring (bicyclic) bond motifs is 4. The maximum absolute atomic E-state index is 11.6. The normalized spacial score (nSPS) is 37.0. The Balaban J connectivity index is 1.48. The molecule has 1 aromatic heterocycles. The van der Waals surface area contributed by atoms with Crippen molar-refractivity contribution < 1.29 is 24.1 Å². The minimum absolute atomic E-state index is 0.122. The monoisotopic (exact) mass is 372 g/mol. The van der Waals surface area contributed by atoms with E-state index in [2.05, 4.69) is 4.98 Å². The molecule has 2 aromatic rings. The van der Waals surface area contributed by atoms with Crippen molar-refractivity contribution in [2.45, 2.75) is 37.3 Å². The molecule has 2 saturated heterocycles. The van der Waals surface area contributed by atoms with Gasteiger partial charge in [0.1, 0.15) is 11.7 Å². The molecule has 2 fully saturated rings. The van der Waals surface area contributed by atoms with Crippen molar-refractivity contribution in [2.24, 2.45) is 5.92 Å². The number of rotatable bonds is 2. The number of aliphatic hydroxyl groups excluding tert-OH is 1. The van der Waals surface area contributed by atoms with Gasteiger partial charge >= 0.3 is 6.01 Å². The summed E-state index contributed by atoms with van der Waals surface area (Å²) in [5.74, 6) is -0.122. The first-order valence-electron chi connectivity index (χ1n) is 8.98. The predicted molar refractivity (Wildman–Crippen MR) is 92.0 cm³/mol. The largest absolute Gasteiger partial charge is 0.456 e. The van der Waals surface area contributed by atoms with Crippen molar-refractivity contribution in [3.63, 3.8) is 0 Å². The highest BCUT2D eigenvalue weighted by atomic mass is 16.7. The third-order valence-electron chi connectivity index (χ3n) is 5.56. The van der Waals surface area contributed by atoms with Gasteiger partial charge < -0.3 is 24.1 Å². The average molecular weight is 372 g/mol. The van der Waals surface area contributed by atoms with Gasteiger partial charge in [-0.3, -0.25) is 9.36 Å². The molecule has 6 atom stereocenters. The second-order valence-corrected chi connectivity index (χ2v) is 7.24. The minimum atomic E-state index is -1.01. The summed E-state index contributed by atoms with van der Waals surface area (Å²) in [5, 5.41) is 10.2. The van der Waals surface area contributed by atoms with Crippen molar-refractivity contribution in [2.75, 3.05) is 13.2 Å². The Kier molecular flexibility index (Phi) is 3.83. The van der Waals surface area contributed by atoms with Crippen LogP contribution in [-0.2, 0) is 14.2 Å². The highest BCUT2D eigenvalue weighted by molar-refractivity contribution is 5.18. The molecule has 8 nitrogen and oxygen atoms in total. The van der Waals surface area contributed by atoms with Gasteiger partial charge in [-0.1, -0.05) is 37.3 Å². The van der Waals surface area contributed by atoms with E-state index in [0.717, 1.165) is 5.56 Å². The lowest BCUT2D eigenvalue weighted by atomic mass is 9.81. The summed E-state index contributed by atoms with van der Waals surface area (Å²) in [6.45, 7) is 1.92. The third-order valence-corrected chi connectivity index (χ3v) is 5.56. The van der Waals surface area contributed by atoms with Crippen molar-refractivity contribution in [3.05, 3.63) is 58.5 Å². The Morgan fingerprint density at radius 1 is 1.30 bits per heavy atom. The molecule has 142 valence electrons. The molecule has 3 aliphatic rings. The zero-order chi connectivity index (χ0) is 18.6. The quantitative estimate of drug-likeness (QED) is 0.841. The van der Waals surface area contributed by atoms with Gasteiger partial charge in [0.2, 0.25) is 0 Å². The van der Waals surface area contributed by atoms with Crippen molar-refractivity contribution in [1.29, 1.82) is 0 Å². The summed E-state index contributed by atoms with van der Waals surface area (Å²) >= 11 is 0. The highest BCUT2D eigenvalue weighted by Gasteiger charge is 2.60. The van der Waals surface area contributed by atoms with Gasteiger partial charge in [-0.05, 0) is 0 Å². The van der Waals surface area contributed by atoms with E-state index in [1.807, 2.05) is 37.3 Å². The van der Waals surface area contributed by atoms with Crippen molar-refractivity contribution in [1.82, 2.24) is 9.55 Å². The molecule has 0 saturated carbocycles. The molecule has 5 rings (SSSR count). The fourth-order valence-electron chi connectivity index (χ4n) is 4.18. The third kappa shape index (κ3) is 2.52. The minimum Gasteiger partial charge on any atom is -0.456 e. The van der Waals surface area contributed by atoms with E-state index >= 15 is 0 Å². The number of hydrogen-bond acceptors (Lipinski definition) is 7. The average Bonchev–Trinajstić information content (AvgIpc) is 3.06. The molecule has 0 bridgehead atoms. The molecular formula is C19H20N2O6. The van der Waals surface area contributed by atoms with Crippen molar-refractivity contribution in [3.8, 4) is 6.01 Å². The molecule has 0 unspecified atom stereocenters. The van der Waals surface area contributed by atoms with Crippen LogP contribution < -0.4 is 10.3 Å². The summed E-state index contributed by atoms with van der Waals surface area (Å²) < 4.78 is 26.0. The summed E-state index contributed by atoms with van der Waals surface area (Å²) in [5.41, 5.74) is -0.480. The van der Waals surface area contributed by atoms with E-state index in [4.69, 9.17) is 18.9 Å². The Labute approximate surface area is 155 Å². The number of aliphatic hydroxyl groups is 1. The van der Waals surface area contributed by atoms with Crippen LogP contribution >= 0.6 is 0 Å². The van der Waals surface area contributed by atoms with Crippen LogP contribution in [0, 0.1) is 5.92 Å². The highest BCUT2D eigenvalue weighted by Crippen LogP contribution is 2.49. The van der Waals surface area contributed by atoms with Gasteiger partial charge in [-0.15, -0.1) is 0 Å². The topological polar surface area (TPSA) is 92.0 Å². The number of benzene rings is 1. The van der Waals surface area contributed by atoms with Gasteiger partial charge in [-0.25, -0.2) is 0 Å². The molecule has 3 aliphatic heterocycles. The molecule has 1 aromatic carbocycles. The number of aromatic nitrogens is 2. The van der Waals surface area contributed by atoms with Crippen LogP contribution in [0.3, 0.4) is 0 Å². The maximum atomic E-state index is 11.6. The molecular weight excluding hydrogens is 352 g/mol. The van der Waals surface area contributed by atoms with E-state index in [1.54, 1.807) is 10.8 Å². The second-order valence-electron chi connectivity index (χ2n) is 7.24. The molecule has 4 heterocycles. The Morgan fingerprint density at radius 2 is 2.11 bits per heavy atom. The van der Waals surface area contributed by atoms with E-state index in [0.29, 0.717) is 0 Å². The second kappa shape index (κ2) is 6.13. The van der Waals surface area contributed by atoms with Crippen LogP contribution in [0.5, 0.6) is 6.01 Å². The first kappa shape index (κ1) is 16.9. The summed E-state index contributed by atoms with van der Waals surface area (Å²) in [7, 11) is 0. The first-order valence-corrected chi connectivity index (χ1v) is 8.98. The van der Waals surface area contributed by atoms with Gasteiger partial charge in [-0.2, -0.15) is 4.98 Å². The smallest absolute Gasteiger partial charge is 0.302 e.